The maximum Gasteiger partial charge on any atom is 0.357 e. The first-order valence-electron chi connectivity index (χ1n) is 7.04. The fourth-order valence-electron chi connectivity index (χ4n) is 1.81. The molecule has 0 bridgehead atoms. The highest BCUT2D eigenvalue weighted by molar-refractivity contribution is 7.10. The maximum absolute atomic E-state index is 12.8. The van der Waals surface area contributed by atoms with Crippen molar-refractivity contribution in [3.8, 4) is 6.07 Å². The van der Waals surface area contributed by atoms with Crippen molar-refractivity contribution < 1.29 is 18.7 Å². The van der Waals surface area contributed by atoms with Crippen LogP contribution in [0.4, 0.5) is 4.39 Å². The molecule has 1 aromatic carbocycles. The molecule has 122 valence electrons. The van der Waals surface area contributed by atoms with Crippen LogP contribution in [-0.4, -0.2) is 23.3 Å². The van der Waals surface area contributed by atoms with Crippen molar-refractivity contribution in [2.75, 3.05) is 6.61 Å². The quantitative estimate of drug-likeness (QED) is 0.593. The van der Waals surface area contributed by atoms with Gasteiger partial charge in [-0.25, -0.2) is 14.2 Å². The van der Waals surface area contributed by atoms with E-state index < -0.39 is 17.7 Å². The molecule has 0 spiro atoms. The fraction of sp³-hybridized carbons (Fsp3) is 0.176. The van der Waals surface area contributed by atoms with Gasteiger partial charge >= 0.3 is 5.97 Å². The van der Waals surface area contributed by atoms with E-state index in [9.17, 15) is 19.2 Å². The van der Waals surface area contributed by atoms with Crippen molar-refractivity contribution in [1.82, 2.24) is 4.98 Å². The van der Waals surface area contributed by atoms with E-state index in [2.05, 4.69) is 4.98 Å². The smallest absolute Gasteiger partial charge is 0.357 e. The van der Waals surface area contributed by atoms with Gasteiger partial charge in [0.1, 0.15) is 10.8 Å². The van der Waals surface area contributed by atoms with E-state index in [1.54, 1.807) is 6.92 Å². The number of carbonyl (C=O) groups excluding carboxylic acids is 2. The molecule has 7 heteroatoms. The van der Waals surface area contributed by atoms with Gasteiger partial charge in [0, 0.05) is 5.38 Å². The highest BCUT2D eigenvalue weighted by atomic mass is 32.1. The Morgan fingerprint density at radius 2 is 2.12 bits per heavy atom. The fourth-order valence-corrected chi connectivity index (χ4v) is 2.65. The Kier molecular flexibility index (Phi) is 5.93. The van der Waals surface area contributed by atoms with E-state index >= 15 is 0 Å². The number of allylic oxidation sites excluding steroid dienone is 1. The second kappa shape index (κ2) is 8.13. The van der Waals surface area contributed by atoms with Gasteiger partial charge in [0.15, 0.2) is 17.4 Å². The van der Waals surface area contributed by atoms with Crippen LogP contribution in [0.5, 0.6) is 0 Å². The van der Waals surface area contributed by atoms with E-state index in [4.69, 9.17) is 4.74 Å². The molecule has 0 N–H and O–H groups in total. The Balaban J connectivity index is 2.13. The summed E-state index contributed by atoms with van der Waals surface area (Å²) >= 11 is 1.05. The lowest BCUT2D eigenvalue weighted by Gasteiger charge is -2.01. The second-order valence-electron chi connectivity index (χ2n) is 4.64. The summed E-state index contributed by atoms with van der Waals surface area (Å²) in [5, 5.41) is 10.9. The van der Waals surface area contributed by atoms with Gasteiger partial charge in [-0.15, -0.1) is 11.3 Å². The zero-order chi connectivity index (χ0) is 17.5. The minimum Gasteiger partial charge on any atom is -0.461 e. The Hall–Kier alpha value is -2.85. The molecule has 1 aromatic heterocycles. The predicted molar refractivity (Wildman–Crippen MR) is 86.9 cm³/mol. The van der Waals surface area contributed by atoms with Gasteiger partial charge in [-0.1, -0.05) is 18.2 Å². The largest absolute Gasteiger partial charge is 0.461 e. The normalized spacial score (nSPS) is 11.9. The zero-order valence-corrected chi connectivity index (χ0v) is 13.5. The lowest BCUT2D eigenvalue weighted by Crippen LogP contribution is -2.09. The molecule has 1 unspecified atom stereocenters. The molecular formula is C17H13FN2O3S. The Morgan fingerprint density at radius 3 is 2.75 bits per heavy atom. The third kappa shape index (κ3) is 4.33. The van der Waals surface area contributed by atoms with Crippen LogP contribution >= 0.6 is 11.3 Å². The molecule has 5 nitrogen and oxygen atoms in total. The summed E-state index contributed by atoms with van der Waals surface area (Å²) in [6, 6.07) is 7.47. The average molecular weight is 344 g/mol. The summed E-state index contributed by atoms with van der Waals surface area (Å²) < 4.78 is 17.7. The molecule has 0 radical (unpaired) electrons. The predicted octanol–water partition coefficient (Wildman–Crippen LogP) is 3.35. The number of halogens is 1. The first-order valence-corrected chi connectivity index (χ1v) is 7.92. The third-order valence-corrected chi connectivity index (χ3v) is 3.89. The number of rotatable bonds is 6. The van der Waals surface area contributed by atoms with Crippen LogP contribution in [-0.2, 0) is 9.53 Å². The number of carbonyl (C=O) groups is 2. The van der Waals surface area contributed by atoms with Crippen LogP contribution in [0.1, 0.15) is 33.9 Å². The van der Waals surface area contributed by atoms with Crippen LogP contribution in [0.15, 0.2) is 35.7 Å². The monoisotopic (exact) mass is 344 g/mol. The summed E-state index contributed by atoms with van der Waals surface area (Å²) in [4.78, 5) is 27.8. The minimum atomic E-state index is -1.10. The lowest BCUT2D eigenvalue weighted by molar-refractivity contribution is -0.114. The number of ether oxygens (including phenoxy) is 1. The Labute approximate surface area is 142 Å². The summed E-state index contributed by atoms with van der Waals surface area (Å²) in [6.07, 6.45) is 2.73. The van der Waals surface area contributed by atoms with Crippen LogP contribution in [0.2, 0.25) is 0 Å². The number of ketones is 1. The number of esters is 1. The molecule has 0 amide bonds. The summed E-state index contributed by atoms with van der Waals surface area (Å²) in [6.45, 7) is 1.89. The number of nitrogens with zero attached hydrogens (tertiary/aromatic N) is 2. The number of nitriles is 1. The highest BCUT2D eigenvalue weighted by Gasteiger charge is 2.23. The Morgan fingerprint density at radius 1 is 1.42 bits per heavy atom. The van der Waals surface area contributed by atoms with Gasteiger partial charge in [-0.05, 0) is 30.7 Å². The molecule has 0 aliphatic rings. The van der Waals surface area contributed by atoms with Crippen molar-refractivity contribution in [1.29, 1.82) is 5.26 Å². The van der Waals surface area contributed by atoms with Crippen LogP contribution in [0.3, 0.4) is 0 Å². The molecule has 0 saturated heterocycles. The van der Waals surface area contributed by atoms with Crippen molar-refractivity contribution in [3.05, 3.63) is 57.8 Å². The van der Waals surface area contributed by atoms with E-state index in [1.807, 2.05) is 6.07 Å². The topological polar surface area (TPSA) is 80.0 Å². The van der Waals surface area contributed by atoms with Crippen molar-refractivity contribution in [2.24, 2.45) is 0 Å². The van der Waals surface area contributed by atoms with Crippen LogP contribution in [0.25, 0.3) is 6.08 Å². The summed E-state index contributed by atoms with van der Waals surface area (Å²) in [5.74, 6) is -2.53. The lowest BCUT2D eigenvalue weighted by atomic mass is 10.1. The number of hydrogen-bond acceptors (Lipinski definition) is 6. The number of hydrogen-bond donors (Lipinski definition) is 0. The molecule has 2 aromatic rings. The van der Waals surface area contributed by atoms with Crippen LogP contribution < -0.4 is 0 Å². The van der Waals surface area contributed by atoms with Gasteiger partial charge in [0.2, 0.25) is 0 Å². The molecular weight excluding hydrogens is 331 g/mol. The highest BCUT2D eigenvalue weighted by Crippen LogP contribution is 2.22. The number of aromatic nitrogens is 1. The molecule has 0 aliphatic carbocycles. The van der Waals surface area contributed by atoms with Crippen molar-refractivity contribution in [2.45, 2.75) is 12.8 Å². The molecule has 0 aliphatic heterocycles. The zero-order valence-electron chi connectivity index (χ0n) is 12.7. The van der Waals surface area contributed by atoms with Gasteiger partial charge in [-0.2, -0.15) is 5.26 Å². The van der Waals surface area contributed by atoms with E-state index in [-0.39, 0.29) is 23.1 Å². The van der Waals surface area contributed by atoms with E-state index in [0.717, 1.165) is 11.3 Å². The molecule has 24 heavy (non-hydrogen) atoms. The maximum atomic E-state index is 12.8. The average Bonchev–Trinajstić information content (AvgIpc) is 3.05. The SMILES string of the molecule is CCOC(=O)c1csc(C(C#N)C(=O)/C=C/c2ccc(F)cc2)n1. The van der Waals surface area contributed by atoms with Gasteiger partial charge in [0.25, 0.3) is 0 Å². The van der Waals surface area contributed by atoms with E-state index in [0.29, 0.717) is 5.56 Å². The van der Waals surface area contributed by atoms with Crippen molar-refractivity contribution >= 4 is 29.2 Å². The van der Waals surface area contributed by atoms with Crippen LogP contribution in [0, 0.1) is 17.1 Å². The first kappa shape index (κ1) is 17.5. The van der Waals surface area contributed by atoms with Gasteiger partial charge < -0.3 is 4.74 Å². The molecule has 0 fully saturated rings. The Bertz CT molecular complexity index is 806. The minimum absolute atomic E-state index is 0.0763. The molecule has 0 saturated carbocycles. The molecule has 1 heterocycles. The molecule has 2 rings (SSSR count). The second-order valence-corrected chi connectivity index (χ2v) is 5.53. The molecule has 1 atom stereocenters. The van der Waals surface area contributed by atoms with Crippen molar-refractivity contribution in [3.63, 3.8) is 0 Å². The van der Waals surface area contributed by atoms with Gasteiger partial charge in [-0.3, -0.25) is 4.79 Å². The standard InChI is InChI=1S/C17H13FN2O3S/c1-2-23-17(22)14-10-24-16(20-14)13(9-19)15(21)8-5-11-3-6-12(18)7-4-11/h3-8,10,13H,2H2,1H3/b8-5+. The van der Waals surface area contributed by atoms with Gasteiger partial charge in [0.05, 0.1) is 12.7 Å². The van der Waals surface area contributed by atoms with E-state index in [1.165, 1.54) is 41.8 Å². The first-order chi connectivity index (χ1) is 11.5. The number of thiazole rings is 1. The summed E-state index contributed by atoms with van der Waals surface area (Å²) in [5.41, 5.74) is 0.709. The number of benzene rings is 1. The summed E-state index contributed by atoms with van der Waals surface area (Å²) in [7, 11) is 0. The third-order valence-electron chi connectivity index (χ3n) is 2.98.